The molecule has 0 saturated heterocycles. The Morgan fingerprint density at radius 1 is 0.812 bits per heavy atom. The lowest BCUT2D eigenvalue weighted by atomic mass is 10.1. The number of hydrogen-bond donors (Lipinski definition) is 0. The molecule has 82 valence electrons. The van der Waals surface area contributed by atoms with Gasteiger partial charge >= 0.3 is 0 Å². The van der Waals surface area contributed by atoms with Gasteiger partial charge in [0.2, 0.25) is 5.28 Å². The van der Waals surface area contributed by atoms with Crippen molar-refractivity contribution in [3.63, 3.8) is 0 Å². The van der Waals surface area contributed by atoms with Crippen LogP contribution in [-0.4, -0.2) is 9.97 Å². The summed E-state index contributed by atoms with van der Waals surface area (Å²) < 4.78 is 0. The van der Waals surface area contributed by atoms with E-state index in [1.807, 2.05) is 0 Å². The van der Waals surface area contributed by atoms with Gasteiger partial charge < -0.3 is 0 Å². The standard InChI is InChI=1S/C10H4Cl4N2/c11-6-1-7(12)9(8(13)2-6)5-3-15-10(14)16-4-5/h1-4H. The van der Waals surface area contributed by atoms with Crippen molar-refractivity contribution < 1.29 is 0 Å². The Hall–Kier alpha value is -0.540. The second kappa shape index (κ2) is 4.76. The highest BCUT2D eigenvalue weighted by Gasteiger charge is 2.10. The third kappa shape index (κ3) is 2.41. The first-order valence-corrected chi connectivity index (χ1v) is 5.71. The first-order valence-electron chi connectivity index (χ1n) is 4.20. The summed E-state index contributed by atoms with van der Waals surface area (Å²) in [6.45, 7) is 0. The first-order chi connectivity index (χ1) is 7.58. The van der Waals surface area contributed by atoms with E-state index < -0.39 is 0 Å². The third-order valence-electron chi connectivity index (χ3n) is 1.92. The average molecular weight is 294 g/mol. The van der Waals surface area contributed by atoms with E-state index >= 15 is 0 Å². The molecule has 0 amide bonds. The van der Waals surface area contributed by atoms with Crippen molar-refractivity contribution in [1.29, 1.82) is 0 Å². The Morgan fingerprint density at radius 2 is 1.31 bits per heavy atom. The molecule has 0 bridgehead atoms. The van der Waals surface area contributed by atoms with Crippen molar-refractivity contribution in [3.05, 3.63) is 44.9 Å². The highest BCUT2D eigenvalue weighted by molar-refractivity contribution is 6.41. The molecule has 2 nitrogen and oxygen atoms in total. The Labute approximate surface area is 112 Å². The monoisotopic (exact) mass is 292 g/mol. The molecular weight excluding hydrogens is 290 g/mol. The Balaban J connectivity index is 2.60. The zero-order valence-electron chi connectivity index (χ0n) is 7.72. The quantitative estimate of drug-likeness (QED) is 0.709. The smallest absolute Gasteiger partial charge is 0.222 e. The highest BCUT2D eigenvalue weighted by Crippen LogP contribution is 2.36. The van der Waals surface area contributed by atoms with Crippen molar-refractivity contribution in [2.45, 2.75) is 0 Å². The molecule has 2 aromatic rings. The number of rotatable bonds is 1. The normalized spacial score (nSPS) is 10.5. The maximum absolute atomic E-state index is 6.05. The van der Waals surface area contributed by atoms with Gasteiger partial charge in [-0.1, -0.05) is 34.8 Å². The molecule has 1 heterocycles. The van der Waals surface area contributed by atoms with E-state index in [1.54, 1.807) is 24.5 Å². The van der Waals surface area contributed by atoms with E-state index in [0.717, 1.165) is 0 Å². The van der Waals surface area contributed by atoms with Crippen LogP contribution in [0.2, 0.25) is 20.4 Å². The van der Waals surface area contributed by atoms with Crippen LogP contribution in [-0.2, 0) is 0 Å². The van der Waals surface area contributed by atoms with Gasteiger partial charge in [-0.05, 0) is 23.7 Å². The Bertz CT molecular complexity index is 502. The predicted octanol–water partition coefficient (Wildman–Crippen LogP) is 4.76. The van der Waals surface area contributed by atoms with Crippen molar-refractivity contribution >= 4 is 46.4 Å². The number of benzene rings is 1. The summed E-state index contributed by atoms with van der Waals surface area (Å²) in [7, 11) is 0. The summed E-state index contributed by atoms with van der Waals surface area (Å²) >= 11 is 23.5. The minimum absolute atomic E-state index is 0.171. The van der Waals surface area contributed by atoms with Gasteiger partial charge in [0.1, 0.15) is 0 Å². The van der Waals surface area contributed by atoms with E-state index in [9.17, 15) is 0 Å². The van der Waals surface area contributed by atoms with Crippen LogP contribution in [0.1, 0.15) is 0 Å². The summed E-state index contributed by atoms with van der Waals surface area (Å²) in [5.74, 6) is 0. The van der Waals surface area contributed by atoms with E-state index in [2.05, 4.69) is 9.97 Å². The van der Waals surface area contributed by atoms with Crippen molar-refractivity contribution in [3.8, 4) is 11.1 Å². The lowest BCUT2D eigenvalue weighted by Crippen LogP contribution is -1.87. The molecule has 0 aliphatic heterocycles. The van der Waals surface area contributed by atoms with Crippen LogP contribution >= 0.6 is 46.4 Å². The second-order valence-corrected chi connectivity index (χ2v) is 4.57. The fraction of sp³-hybridized carbons (Fsp3) is 0. The fourth-order valence-corrected chi connectivity index (χ4v) is 2.39. The third-order valence-corrected chi connectivity index (χ3v) is 2.93. The summed E-state index contributed by atoms with van der Waals surface area (Å²) in [5.41, 5.74) is 1.33. The van der Waals surface area contributed by atoms with E-state index in [1.165, 1.54) is 0 Å². The molecule has 16 heavy (non-hydrogen) atoms. The minimum Gasteiger partial charge on any atom is -0.226 e. The maximum atomic E-state index is 6.05. The Kier molecular flexibility index (Phi) is 3.55. The zero-order valence-corrected chi connectivity index (χ0v) is 10.7. The predicted molar refractivity (Wildman–Crippen MR) is 67.5 cm³/mol. The number of aromatic nitrogens is 2. The van der Waals surface area contributed by atoms with Crippen LogP contribution in [0.25, 0.3) is 11.1 Å². The van der Waals surface area contributed by atoms with Crippen LogP contribution < -0.4 is 0 Å². The molecule has 0 unspecified atom stereocenters. The molecule has 0 fully saturated rings. The van der Waals surface area contributed by atoms with Crippen LogP contribution in [0.15, 0.2) is 24.5 Å². The maximum Gasteiger partial charge on any atom is 0.222 e. The van der Waals surface area contributed by atoms with Gasteiger partial charge in [-0.2, -0.15) is 0 Å². The van der Waals surface area contributed by atoms with E-state index in [0.29, 0.717) is 26.2 Å². The average Bonchev–Trinajstić information content (AvgIpc) is 2.19. The summed E-state index contributed by atoms with van der Waals surface area (Å²) in [6.07, 6.45) is 3.10. The van der Waals surface area contributed by atoms with Crippen molar-refractivity contribution in [1.82, 2.24) is 9.97 Å². The minimum atomic E-state index is 0.171. The Morgan fingerprint density at radius 3 is 1.81 bits per heavy atom. The molecule has 1 aromatic carbocycles. The molecule has 0 radical (unpaired) electrons. The second-order valence-electron chi connectivity index (χ2n) is 2.99. The van der Waals surface area contributed by atoms with Gasteiger partial charge in [0.25, 0.3) is 0 Å². The summed E-state index contributed by atoms with van der Waals surface area (Å²) in [6, 6.07) is 3.22. The van der Waals surface area contributed by atoms with Gasteiger partial charge in [-0.3, -0.25) is 0 Å². The number of halogens is 4. The van der Waals surface area contributed by atoms with E-state index in [4.69, 9.17) is 46.4 Å². The van der Waals surface area contributed by atoms with Crippen molar-refractivity contribution in [2.75, 3.05) is 0 Å². The van der Waals surface area contributed by atoms with Crippen molar-refractivity contribution in [2.24, 2.45) is 0 Å². The fourth-order valence-electron chi connectivity index (χ4n) is 1.26. The molecule has 0 saturated carbocycles. The number of nitrogens with zero attached hydrogens (tertiary/aromatic N) is 2. The van der Waals surface area contributed by atoms with Gasteiger partial charge in [0.15, 0.2) is 0 Å². The van der Waals surface area contributed by atoms with Crippen LogP contribution in [0.4, 0.5) is 0 Å². The summed E-state index contributed by atoms with van der Waals surface area (Å²) in [5, 5.41) is 1.55. The lowest BCUT2D eigenvalue weighted by Gasteiger charge is -2.06. The van der Waals surface area contributed by atoms with Gasteiger partial charge in [-0.15, -0.1) is 0 Å². The lowest BCUT2D eigenvalue weighted by molar-refractivity contribution is 1.17. The number of hydrogen-bond acceptors (Lipinski definition) is 2. The molecule has 6 heteroatoms. The molecule has 0 spiro atoms. The van der Waals surface area contributed by atoms with Crippen LogP contribution in [0.5, 0.6) is 0 Å². The van der Waals surface area contributed by atoms with Gasteiger partial charge in [0, 0.05) is 28.5 Å². The highest BCUT2D eigenvalue weighted by atomic mass is 35.5. The summed E-state index contributed by atoms with van der Waals surface area (Å²) in [4.78, 5) is 7.73. The van der Waals surface area contributed by atoms with Crippen LogP contribution in [0, 0.1) is 0 Å². The molecule has 1 aromatic heterocycles. The topological polar surface area (TPSA) is 25.8 Å². The van der Waals surface area contributed by atoms with Gasteiger partial charge in [-0.25, -0.2) is 9.97 Å². The van der Waals surface area contributed by atoms with E-state index in [-0.39, 0.29) is 5.28 Å². The molecule has 0 atom stereocenters. The molecule has 0 aliphatic rings. The molecule has 0 aliphatic carbocycles. The van der Waals surface area contributed by atoms with Gasteiger partial charge in [0.05, 0.1) is 10.0 Å². The molecule has 2 rings (SSSR count). The zero-order chi connectivity index (χ0) is 11.7. The SMILES string of the molecule is Clc1cc(Cl)c(-c2cnc(Cl)nc2)c(Cl)c1. The first kappa shape index (κ1) is 11.9. The molecule has 0 N–H and O–H groups in total. The van der Waals surface area contributed by atoms with Crippen LogP contribution in [0.3, 0.4) is 0 Å². The largest absolute Gasteiger partial charge is 0.226 e. The molecular formula is C10H4Cl4N2.